The molecule has 0 radical (unpaired) electrons. The topological polar surface area (TPSA) is 46.5 Å². The first-order chi connectivity index (χ1) is 3.77. The molecule has 0 saturated carbocycles. The van der Waals surface area contributed by atoms with Gasteiger partial charge >= 0.3 is 5.97 Å². The summed E-state index contributed by atoms with van der Waals surface area (Å²) in [5.41, 5.74) is 0. The first kappa shape index (κ1) is 7.78. The van der Waals surface area contributed by atoms with E-state index in [9.17, 15) is 4.79 Å². The number of aliphatic hydroxyl groups excluding tert-OH is 1. The molecule has 0 unspecified atom stereocenters. The number of rotatable bonds is 3. The van der Waals surface area contributed by atoms with Crippen LogP contribution in [-0.2, 0) is 9.53 Å². The maximum absolute atomic E-state index is 10.0. The first-order valence-electron chi connectivity index (χ1n) is 2.09. The molecule has 0 aliphatic carbocycles. The van der Waals surface area contributed by atoms with Crippen LogP contribution in [0.5, 0.6) is 0 Å². The third-order valence-electron chi connectivity index (χ3n) is 0.437. The Balaban J connectivity index is 2.82. The van der Waals surface area contributed by atoms with E-state index in [1.807, 2.05) is 0 Å². The van der Waals surface area contributed by atoms with E-state index in [0.717, 1.165) is 11.8 Å². The molecule has 4 heteroatoms. The minimum atomic E-state index is -0.314. The lowest BCUT2D eigenvalue weighted by atomic mass is 10.8. The molecule has 0 atom stereocenters. The molecule has 3 nitrogen and oxygen atoms in total. The van der Waals surface area contributed by atoms with Gasteiger partial charge in [0, 0.05) is 6.92 Å². The van der Waals surface area contributed by atoms with Crippen molar-refractivity contribution in [1.29, 1.82) is 0 Å². The summed E-state index contributed by atoms with van der Waals surface area (Å²) in [6.07, 6.45) is 0. The predicted octanol–water partition coefficient (Wildman–Crippen LogP) is 0.190. The van der Waals surface area contributed by atoms with Gasteiger partial charge in [-0.3, -0.25) is 4.79 Å². The van der Waals surface area contributed by atoms with Gasteiger partial charge in [0.25, 0.3) is 0 Å². The van der Waals surface area contributed by atoms with Crippen LogP contribution in [0.4, 0.5) is 0 Å². The Morgan fingerprint density at radius 2 is 2.50 bits per heavy atom. The average molecular weight is 136 g/mol. The van der Waals surface area contributed by atoms with Gasteiger partial charge in [-0.25, -0.2) is 0 Å². The van der Waals surface area contributed by atoms with Crippen LogP contribution in [0.2, 0.25) is 0 Å². The number of carbonyl (C=O) groups excluding carboxylic acids is 1. The summed E-state index contributed by atoms with van der Waals surface area (Å²) in [7, 11) is 0. The summed E-state index contributed by atoms with van der Waals surface area (Å²) in [5, 5.41) is 8.15. The van der Waals surface area contributed by atoms with Gasteiger partial charge in [-0.2, -0.15) is 0 Å². The van der Waals surface area contributed by atoms with Crippen LogP contribution in [0.25, 0.3) is 0 Å². The summed E-state index contributed by atoms with van der Waals surface area (Å²) >= 11 is 1.15. The van der Waals surface area contributed by atoms with Gasteiger partial charge in [-0.1, -0.05) is 11.8 Å². The molecule has 0 aromatic carbocycles. The molecule has 0 bridgehead atoms. The number of hydrogen-bond donors (Lipinski definition) is 1. The van der Waals surface area contributed by atoms with Crippen molar-refractivity contribution >= 4 is 17.7 Å². The van der Waals surface area contributed by atoms with Crippen LogP contribution >= 0.6 is 11.8 Å². The quantitative estimate of drug-likeness (QED) is 0.342. The Kier molecular flexibility index (Phi) is 4.79. The molecule has 8 heavy (non-hydrogen) atoms. The van der Waals surface area contributed by atoms with E-state index < -0.39 is 0 Å². The Labute approximate surface area is 52.0 Å². The molecule has 0 aromatic rings. The van der Waals surface area contributed by atoms with Crippen LogP contribution in [0, 0.1) is 0 Å². The van der Waals surface area contributed by atoms with Crippen molar-refractivity contribution in [3.05, 3.63) is 0 Å². The molecule has 0 spiro atoms. The van der Waals surface area contributed by atoms with Crippen molar-refractivity contribution in [2.45, 2.75) is 6.92 Å². The van der Waals surface area contributed by atoms with Crippen molar-refractivity contribution < 1.29 is 14.6 Å². The smallest absolute Gasteiger partial charge is 0.303 e. The van der Waals surface area contributed by atoms with E-state index in [0.29, 0.717) is 0 Å². The summed E-state index contributed by atoms with van der Waals surface area (Å²) in [6, 6.07) is 0. The van der Waals surface area contributed by atoms with Crippen LogP contribution in [-0.4, -0.2) is 23.0 Å². The highest BCUT2D eigenvalue weighted by Gasteiger charge is 1.88. The highest BCUT2D eigenvalue weighted by molar-refractivity contribution is 7.98. The van der Waals surface area contributed by atoms with E-state index in [-0.39, 0.29) is 17.8 Å². The van der Waals surface area contributed by atoms with Gasteiger partial charge in [-0.15, -0.1) is 0 Å². The van der Waals surface area contributed by atoms with Gasteiger partial charge in [0.1, 0.15) is 5.94 Å². The van der Waals surface area contributed by atoms with Crippen LogP contribution < -0.4 is 0 Å². The van der Waals surface area contributed by atoms with E-state index in [4.69, 9.17) is 5.11 Å². The molecule has 0 heterocycles. The fraction of sp³-hybridized carbons (Fsp3) is 0.750. The maximum atomic E-state index is 10.0. The molecule has 0 aromatic heterocycles. The SMILES string of the molecule is CC(=O)OCSCO. The molecular formula is C4H8O3S. The largest absolute Gasteiger partial charge is 0.455 e. The van der Waals surface area contributed by atoms with Gasteiger partial charge < -0.3 is 9.84 Å². The van der Waals surface area contributed by atoms with Crippen LogP contribution in [0.1, 0.15) is 6.92 Å². The fourth-order valence-corrected chi connectivity index (χ4v) is 0.486. The molecule has 0 aliphatic rings. The fourth-order valence-electron chi connectivity index (χ4n) is 0.162. The molecule has 0 aliphatic heterocycles. The van der Waals surface area contributed by atoms with Crippen molar-refractivity contribution in [3.8, 4) is 0 Å². The summed E-state index contributed by atoms with van der Waals surface area (Å²) in [4.78, 5) is 10.0. The number of ether oxygens (including phenoxy) is 1. The van der Waals surface area contributed by atoms with Crippen molar-refractivity contribution in [3.63, 3.8) is 0 Å². The Hall–Kier alpha value is -0.220. The second kappa shape index (κ2) is 4.93. The lowest BCUT2D eigenvalue weighted by Crippen LogP contribution is -1.97. The third-order valence-corrected chi connectivity index (χ3v) is 0.904. The number of carbonyl (C=O) groups is 1. The lowest BCUT2D eigenvalue weighted by Gasteiger charge is -1.95. The number of thioether (sulfide) groups is 1. The Morgan fingerprint density at radius 1 is 1.88 bits per heavy atom. The molecule has 0 amide bonds. The zero-order valence-corrected chi connectivity index (χ0v) is 5.40. The monoisotopic (exact) mass is 136 g/mol. The molecular weight excluding hydrogens is 128 g/mol. The third kappa shape index (κ3) is 5.78. The van der Waals surface area contributed by atoms with Gasteiger partial charge in [0.15, 0.2) is 0 Å². The van der Waals surface area contributed by atoms with E-state index in [1.165, 1.54) is 6.92 Å². The predicted molar refractivity (Wildman–Crippen MR) is 31.3 cm³/mol. The zero-order chi connectivity index (χ0) is 6.41. The molecule has 0 fully saturated rings. The lowest BCUT2D eigenvalue weighted by molar-refractivity contribution is -0.138. The average Bonchev–Trinajstić information content (AvgIpc) is 1.66. The highest BCUT2D eigenvalue weighted by Crippen LogP contribution is 1.95. The molecule has 0 saturated heterocycles. The van der Waals surface area contributed by atoms with Gasteiger partial charge in [-0.05, 0) is 0 Å². The van der Waals surface area contributed by atoms with Crippen LogP contribution in [0.15, 0.2) is 0 Å². The normalized spacial score (nSPS) is 8.75. The standard InChI is InChI=1S/C4H8O3S/c1-4(6)7-3-8-2-5/h5H,2-3H2,1H3. The maximum Gasteiger partial charge on any atom is 0.303 e. The van der Waals surface area contributed by atoms with Crippen LogP contribution in [0.3, 0.4) is 0 Å². The minimum Gasteiger partial charge on any atom is -0.455 e. The Bertz CT molecular complexity index is 73.7. The van der Waals surface area contributed by atoms with E-state index in [1.54, 1.807) is 0 Å². The molecule has 48 valence electrons. The second-order valence-electron chi connectivity index (χ2n) is 1.09. The molecule has 1 N–H and O–H groups in total. The summed E-state index contributed by atoms with van der Waals surface area (Å²) in [6.45, 7) is 1.33. The summed E-state index contributed by atoms with van der Waals surface area (Å²) in [5.74, 6) is -0.0787. The second-order valence-corrected chi connectivity index (χ2v) is 1.99. The highest BCUT2D eigenvalue weighted by atomic mass is 32.2. The minimum absolute atomic E-state index is 0.00667. The van der Waals surface area contributed by atoms with Gasteiger partial charge in [0.05, 0.1) is 5.94 Å². The summed E-state index contributed by atoms with van der Waals surface area (Å²) < 4.78 is 4.45. The molecule has 0 rings (SSSR count). The zero-order valence-electron chi connectivity index (χ0n) is 4.59. The van der Waals surface area contributed by atoms with E-state index >= 15 is 0 Å². The number of hydrogen-bond acceptors (Lipinski definition) is 4. The van der Waals surface area contributed by atoms with Crippen molar-refractivity contribution in [1.82, 2.24) is 0 Å². The van der Waals surface area contributed by atoms with Crippen molar-refractivity contribution in [2.24, 2.45) is 0 Å². The first-order valence-corrected chi connectivity index (χ1v) is 3.25. The Morgan fingerprint density at radius 3 is 2.88 bits per heavy atom. The van der Waals surface area contributed by atoms with Gasteiger partial charge in [0.2, 0.25) is 0 Å². The van der Waals surface area contributed by atoms with E-state index in [2.05, 4.69) is 4.74 Å². The number of esters is 1. The number of aliphatic hydroxyl groups is 1. The van der Waals surface area contributed by atoms with Crippen molar-refractivity contribution in [2.75, 3.05) is 11.9 Å².